The molecule has 2 heterocycles. The van der Waals surface area contributed by atoms with Crippen LogP contribution in [0.1, 0.15) is 10.5 Å². The Morgan fingerprint density at radius 1 is 1.27 bits per heavy atom. The van der Waals surface area contributed by atoms with Crippen molar-refractivity contribution < 1.29 is 4.79 Å². The first-order chi connectivity index (χ1) is 7.31. The second-order valence-corrected chi connectivity index (χ2v) is 3.44. The molecule has 0 radical (unpaired) electrons. The molecule has 3 rings (SSSR count). The van der Waals surface area contributed by atoms with E-state index in [1.54, 1.807) is 10.6 Å². The minimum absolute atomic E-state index is 0.204. The smallest absolute Gasteiger partial charge is 0.273 e. The Hall–Kier alpha value is -2.34. The van der Waals surface area contributed by atoms with Crippen molar-refractivity contribution in [3.63, 3.8) is 0 Å². The maximum Gasteiger partial charge on any atom is 0.273 e. The van der Waals surface area contributed by atoms with Gasteiger partial charge < -0.3 is 0 Å². The maximum atomic E-state index is 11.8. The van der Waals surface area contributed by atoms with E-state index in [4.69, 9.17) is 5.26 Å². The third-order valence-electron chi connectivity index (χ3n) is 2.59. The molecule has 0 aliphatic carbocycles. The maximum absolute atomic E-state index is 11.8. The highest BCUT2D eigenvalue weighted by molar-refractivity contribution is 6.13. The number of carbonyl (C=O) groups is 1. The molecule has 15 heavy (non-hydrogen) atoms. The number of para-hydroxylation sites is 1. The molecule has 0 unspecified atom stereocenters. The number of aromatic nitrogens is 1. The quantitative estimate of drug-likeness (QED) is 0.645. The molecule has 0 atom stereocenters. The molecule has 0 spiro atoms. The van der Waals surface area contributed by atoms with Crippen molar-refractivity contribution in [1.29, 1.82) is 5.26 Å². The van der Waals surface area contributed by atoms with Crippen molar-refractivity contribution in [3.8, 4) is 6.07 Å². The molecule has 0 N–H and O–H groups in total. The Labute approximate surface area is 85.9 Å². The van der Waals surface area contributed by atoms with E-state index in [0.717, 1.165) is 16.6 Å². The van der Waals surface area contributed by atoms with Crippen LogP contribution in [0.15, 0.2) is 35.9 Å². The Morgan fingerprint density at radius 2 is 2.07 bits per heavy atom. The van der Waals surface area contributed by atoms with Gasteiger partial charge in [-0.3, -0.25) is 9.36 Å². The van der Waals surface area contributed by atoms with Crippen LogP contribution in [0.25, 0.3) is 17.0 Å². The van der Waals surface area contributed by atoms with Gasteiger partial charge in [-0.05, 0) is 18.2 Å². The zero-order chi connectivity index (χ0) is 10.4. The zero-order valence-electron chi connectivity index (χ0n) is 7.77. The summed E-state index contributed by atoms with van der Waals surface area (Å²) in [6, 6.07) is 11.5. The summed E-state index contributed by atoms with van der Waals surface area (Å²) in [5.41, 5.74) is 1.85. The van der Waals surface area contributed by atoms with Gasteiger partial charge in [0.15, 0.2) is 0 Å². The first-order valence-electron chi connectivity index (χ1n) is 4.58. The third-order valence-corrected chi connectivity index (χ3v) is 2.59. The second kappa shape index (κ2) is 2.58. The molecule has 0 bridgehead atoms. The van der Waals surface area contributed by atoms with Gasteiger partial charge >= 0.3 is 0 Å². The topological polar surface area (TPSA) is 45.8 Å². The average Bonchev–Trinajstić information content (AvgIpc) is 2.75. The molecule has 2 aromatic rings. The van der Waals surface area contributed by atoms with Crippen molar-refractivity contribution in [3.05, 3.63) is 41.6 Å². The van der Waals surface area contributed by atoms with Gasteiger partial charge in [-0.15, -0.1) is 0 Å². The van der Waals surface area contributed by atoms with Crippen LogP contribution >= 0.6 is 0 Å². The number of hydrogen-bond donors (Lipinski definition) is 0. The van der Waals surface area contributed by atoms with Crippen LogP contribution in [-0.2, 0) is 0 Å². The van der Waals surface area contributed by atoms with Crippen molar-refractivity contribution in [2.24, 2.45) is 0 Å². The number of carbonyl (C=O) groups excluding carboxylic acids is 1. The Balaban J connectivity index is 2.40. The summed E-state index contributed by atoms with van der Waals surface area (Å²) < 4.78 is 1.58. The molecule has 0 saturated heterocycles. The molecule has 1 aliphatic rings. The SMILES string of the molecule is N#CC1=Cc2cc3ccccc3n2C1=O. The van der Waals surface area contributed by atoms with E-state index >= 15 is 0 Å². The lowest BCUT2D eigenvalue weighted by Crippen LogP contribution is -2.07. The number of hydrogen-bond acceptors (Lipinski definition) is 2. The fourth-order valence-corrected chi connectivity index (χ4v) is 1.92. The van der Waals surface area contributed by atoms with Crippen molar-refractivity contribution >= 4 is 22.9 Å². The first-order valence-corrected chi connectivity index (χ1v) is 4.58. The Kier molecular flexibility index (Phi) is 1.38. The van der Waals surface area contributed by atoms with Gasteiger partial charge in [-0.25, -0.2) is 0 Å². The Morgan fingerprint density at radius 3 is 2.87 bits per heavy atom. The predicted octanol–water partition coefficient (Wildman–Crippen LogP) is 2.20. The van der Waals surface area contributed by atoms with Gasteiger partial charge in [0, 0.05) is 5.39 Å². The van der Waals surface area contributed by atoms with Crippen molar-refractivity contribution in [2.75, 3.05) is 0 Å². The average molecular weight is 194 g/mol. The second-order valence-electron chi connectivity index (χ2n) is 3.44. The molecule has 70 valence electrons. The Bertz CT molecular complexity index is 656. The van der Waals surface area contributed by atoms with Crippen LogP contribution in [0.4, 0.5) is 0 Å². The van der Waals surface area contributed by atoms with Crippen molar-refractivity contribution in [1.82, 2.24) is 4.57 Å². The highest BCUT2D eigenvalue weighted by Gasteiger charge is 2.23. The van der Waals surface area contributed by atoms with E-state index in [-0.39, 0.29) is 11.5 Å². The van der Waals surface area contributed by atoms with E-state index in [1.807, 2.05) is 36.4 Å². The summed E-state index contributed by atoms with van der Waals surface area (Å²) in [5.74, 6) is -0.228. The number of allylic oxidation sites excluding steroid dienone is 1. The van der Waals surface area contributed by atoms with Crippen LogP contribution in [0, 0.1) is 11.3 Å². The lowest BCUT2D eigenvalue weighted by atomic mass is 10.2. The monoisotopic (exact) mass is 194 g/mol. The molecule has 0 fully saturated rings. The molecule has 1 aliphatic heterocycles. The summed E-state index contributed by atoms with van der Waals surface area (Å²) >= 11 is 0. The van der Waals surface area contributed by atoms with Crippen LogP contribution in [-0.4, -0.2) is 10.5 Å². The van der Waals surface area contributed by atoms with Crippen LogP contribution in [0.3, 0.4) is 0 Å². The summed E-state index contributed by atoms with van der Waals surface area (Å²) in [6.45, 7) is 0. The minimum atomic E-state index is -0.228. The van der Waals surface area contributed by atoms with Gasteiger partial charge in [-0.2, -0.15) is 5.26 Å². The first kappa shape index (κ1) is 8.01. The normalized spacial score (nSPS) is 13.8. The van der Waals surface area contributed by atoms with E-state index in [2.05, 4.69) is 0 Å². The molecule has 0 amide bonds. The molecule has 3 nitrogen and oxygen atoms in total. The fraction of sp³-hybridized carbons (Fsp3) is 0. The number of benzene rings is 1. The van der Waals surface area contributed by atoms with E-state index in [0.29, 0.717) is 0 Å². The van der Waals surface area contributed by atoms with Gasteiger partial charge in [-0.1, -0.05) is 18.2 Å². The van der Waals surface area contributed by atoms with E-state index in [9.17, 15) is 4.79 Å². The molecule has 0 saturated carbocycles. The summed E-state index contributed by atoms with van der Waals surface area (Å²) in [4.78, 5) is 11.8. The molecule has 1 aromatic heterocycles. The number of fused-ring (bicyclic) bond motifs is 3. The van der Waals surface area contributed by atoms with Gasteiger partial charge in [0.25, 0.3) is 5.91 Å². The third kappa shape index (κ3) is 0.906. The lowest BCUT2D eigenvalue weighted by molar-refractivity contribution is 0.0971. The molecule has 1 aromatic carbocycles. The van der Waals surface area contributed by atoms with Gasteiger partial charge in [0.2, 0.25) is 0 Å². The summed E-state index contributed by atoms with van der Waals surface area (Å²) in [7, 11) is 0. The largest absolute Gasteiger partial charge is 0.276 e. The van der Waals surface area contributed by atoms with Crippen molar-refractivity contribution in [2.45, 2.75) is 0 Å². The summed E-state index contributed by atoms with van der Waals surface area (Å²) in [5, 5.41) is 9.77. The molecular weight excluding hydrogens is 188 g/mol. The minimum Gasteiger partial charge on any atom is -0.276 e. The highest BCUT2D eigenvalue weighted by atomic mass is 16.2. The van der Waals surface area contributed by atoms with Gasteiger partial charge in [0.05, 0.1) is 11.2 Å². The van der Waals surface area contributed by atoms with Crippen LogP contribution < -0.4 is 0 Å². The van der Waals surface area contributed by atoms with E-state index < -0.39 is 0 Å². The number of rotatable bonds is 0. The lowest BCUT2D eigenvalue weighted by Gasteiger charge is -1.98. The fourth-order valence-electron chi connectivity index (χ4n) is 1.92. The van der Waals surface area contributed by atoms with E-state index in [1.165, 1.54) is 0 Å². The molecule has 3 heteroatoms. The summed E-state index contributed by atoms with van der Waals surface area (Å²) in [6.07, 6.45) is 1.63. The van der Waals surface area contributed by atoms with Crippen LogP contribution in [0.2, 0.25) is 0 Å². The standard InChI is InChI=1S/C12H6N2O/c13-7-9-6-10-5-8-3-1-2-4-11(8)14(10)12(9)15/h1-6H. The predicted molar refractivity (Wildman–Crippen MR) is 56.2 cm³/mol. The zero-order valence-corrected chi connectivity index (χ0v) is 7.77. The number of nitriles is 1. The number of nitrogens with zero attached hydrogens (tertiary/aromatic N) is 2. The highest BCUT2D eigenvalue weighted by Crippen LogP contribution is 2.27. The molecular formula is C12H6N2O. The van der Waals surface area contributed by atoms with Gasteiger partial charge in [0.1, 0.15) is 11.6 Å². The van der Waals surface area contributed by atoms with Crippen LogP contribution in [0.5, 0.6) is 0 Å².